The zero-order valence-electron chi connectivity index (χ0n) is 16.7. The van der Waals surface area contributed by atoms with Gasteiger partial charge in [0.1, 0.15) is 5.60 Å². The van der Waals surface area contributed by atoms with Crippen LogP contribution in [0.15, 0.2) is 18.2 Å². The van der Waals surface area contributed by atoms with E-state index >= 15 is 0 Å². The van der Waals surface area contributed by atoms with E-state index < -0.39 is 5.60 Å². The van der Waals surface area contributed by atoms with E-state index in [-0.39, 0.29) is 6.09 Å². The van der Waals surface area contributed by atoms with Gasteiger partial charge in [-0.3, -0.25) is 4.90 Å². The Balaban J connectivity index is 2.19. The van der Waals surface area contributed by atoms with Crippen LogP contribution in [0.3, 0.4) is 0 Å². The van der Waals surface area contributed by atoms with Gasteiger partial charge in [-0.25, -0.2) is 4.79 Å². The first kappa shape index (κ1) is 19.8. The number of hydrogen-bond acceptors (Lipinski definition) is 3. The number of carbonyl (C=O) groups is 1. The van der Waals surface area contributed by atoms with Crippen LogP contribution in [0, 0.1) is 5.92 Å². The predicted molar refractivity (Wildman–Crippen MR) is 104 cm³/mol. The first-order chi connectivity index (χ1) is 11.7. The molecule has 0 saturated heterocycles. The number of ether oxygens (including phenoxy) is 1. The van der Waals surface area contributed by atoms with Crippen LogP contribution >= 0.6 is 0 Å². The van der Waals surface area contributed by atoms with Crippen molar-refractivity contribution in [1.82, 2.24) is 5.32 Å². The molecule has 0 fully saturated rings. The van der Waals surface area contributed by atoms with E-state index in [0.717, 1.165) is 38.0 Å². The fourth-order valence-corrected chi connectivity index (χ4v) is 3.45. The lowest BCUT2D eigenvalue weighted by Gasteiger charge is -2.33. The Bertz CT molecular complexity index is 590. The molecule has 0 saturated carbocycles. The molecule has 2 rings (SSSR count). The number of amides is 1. The van der Waals surface area contributed by atoms with E-state index in [0.29, 0.717) is 12.0 Å². The maximum absolute atomic E-state index is 12.7. The lowest BCUT2D eigenvalue weighted by Crippen LogP contribution is -2.40. The molecule has 25 heavy (non-hydrogen) atoms. The molecule has 1 aliphatic heterocycles. The Morgan fingerprint density at radius 3 is 2.64 bits per heavy atom. The molecular formula is C21H34N2O2. The molecule has 0 bridgehead atoms. The molecule has 0 radical (unpaired) electrons. The number of aryl methyl sites for hydroxylation is 1. The van der Waals surface area contributed by atoms with Gasteiger partial charge in [-0.1, -0.05) is 32.0 Å². The minimum Gasteiger partial charge on any atom is -0.443 e. The summed E-state index contributed by atoms with van der Waals surface area (Å²) in [5.41, 5.74) is 2.99. The number of para-hydroxylation sites is 1. The van der Waals surface area contributed by atoms with Gasteiger partial charge >= 0.3 is 6.09 Å². The fraction of sp³-hybridized carbons (Fsp3) is 0.667. The number of hydrogen-bond donors (Lipinski definition) is 1. The molecule has 4 nitrogen and oxygen atoms in total. The molecule has 4 heteroatoms. The molecular weight excluding hydrogens is 312 g/mol. The van der Waals surface area contributed by atoms with Gasteiger partial charge in [-0.2, -0.15) is 0 Å². The summed E-state index contributed by atoms with van der Waals surface area (Å²) in [4.78, 5) is 14.5. The highest BCUT2D eigenvalue weighted by atomic mass is 16.6. The lowest BCUT2D eigenvalue weighted by molar-refractivity contribution is 0.0577. The van der Waals surface area contributed by atoms with Crippen molar-refractivity contribution in [3.8, 4) is 0 Å². The van der Waals surface area contributed by atoms with E-state index in [4.69, 9.17) is 4.74 Å². The van der Waals surface area contributed by atoms with E-state index in [1.165, 1.54) is 11.1 Å². The molecule has 1 aromatic carbocycles. The van der Waals surface area contributed by atoms with Crippen molar-refractivity contribution in [2.75, 3.05) is 11.4 Å². The van der Waals surface area contributed by atoms with Gasteiger partial charge in [0.05, 0.1) is 5.69 Å². The molecule has 1 unspecified atom stereocenters. The molecule has 140 valence electrons. The van der Waals surface area contributed by atoms with Crippen molar-refractivity contribution in [1.29, 1.82) is 0 Å². The normalized spacial score (nSPS) is 15.9. The minimum atomic E-state index is -0.479. The average Bonchev–Trinajstić information content (AvgIpc) is 2.49. The van der Waals surface area contributed by atoms with E-state index in [2.05, 4.69) is 44.3 Å². The van der Waals surface area contributed by atoms with E-state index in [9.17, 15) is 4.79 Å². The first-order valence-electron chi connectivity index (χ1n) is 9.52. The third-order valence-corrected chi connectivity index (χ3v) is 4.38. The largest absolute Gasteiger partial charge is 0.443 e. The van der Waals surface area contributed by atoms with Gasteiger partial charge in [-0.15, -0.1) is 0 Å². The van der Waals surface area contributed by atoms with Crippen LogP contribution in [0.1, 0.15) is 65.5 Å². The Morgan fingerprint density at radius 1 is 1.28 bits per heavy atom. The fourth-order valence-electron chi connectivity index (χ4n) is 3.45. The van der Waals surface area contributed by atoms with Crippen LogP contribution in [-0.4, -0.2) is 24.3 Å². The van der Waals surface area contributed by atoms with Gasteiger partial charge < -0.3 is 10.1 Å². The van der Waals surface area contributed by atoms with Crippen LogP contribution in [0.25, 0.3) is 0 Å². The van der Waals surface area contributed by atoms with Crippen LogP contribution in [0.4, 0.5) is 10.5 Å². The van der Waals surface area contributed by atoms with Crippen LogP contribution in [0.5, 0.6) is 0 Å². The molecule has 1 atom stereocenters. The third kappa shape index (κ3) is 5.74. The van der Waals surface area contributed by atoms with E-state index in [1.807, 2.05) is 25.7 Å². The highest BCUT2D eigenvalue weighted by Crippen LogP contribution is 2.32. The summed E-state index contributed by atoms with van der Waals surface area (Å²) in [5.74, 6) is 0.672. The SMILES string of the molecule is CC(C)CC(C)NCc1cccc2c1N(C(=O)OC(C)(C)C)CCC2. The summed E-state index contributed by atoms with van der Waals surface area (Å²) in [6.45, 7) is 13.9. The van der Waals surface area contributed by atoms with Crippen molar-refractivity contribution >= 4 is 11.8 Å². The van der Waals surface area contributed by atoms with Crippen LogP contribution in [-0.2, 0) is 17.7 Å². The highest BCUT2D eigenvalue weighted by Gasteiger charge is 2.29. The summed E-state index contributed by atoms with van der Waals surface area (Å²) in [5, 5.41) is 3.61. The molecule has 1 heterocycles. The van der Waals surface area contributed by atoms with Gasteiger partial charge in [-0.05, 0) is 64.0 Å². The molecule has 0 aliphatic carbocycles. The second-order valence-corrected chi connectivity index (χ2v) is 8.57. The Kier molecular flexibility index (Phi) is 6.50. The number of rotatable bonds is 5. The maximum Gasteiger partial charge on any atom is 0.414 e. The summed E-state index contributed by atoms with van der Waals surface area (Å²) < 4.78 is 5.63. The number of benzene rings is 1. The molecule has 1 aromatic rings. The van der Waals surface area contributed by atoms with Crippen molar-refractivity contribution in [3.05, 3.63) is 29.3 Å². The Hall–Kier alpha value is -1.55. The third-order valence-electron chi connectivity index (χ3n) is 4.38. The zero-order valence-corrected chi connectivity index (χ0v) is 16.7. The number of anilines is 1. The molecule has 1 amide bonds. The van der Waals surface area contributed by atoms with Crippen molar-refractivity contribution in [2.45, 2.75) is 79.0 Å². The Labute approximate surface area is 152 Å². The quantitative estimate of drug-likeness (QED) is 0.824. The van der Waals surface area contributed by atoms with Gasteiger partial charge in [0.15, 0.2) is 0 Å². The standard InChI is InChI=1S/C21H34N2O2/c1-15(2)13-16(3)22-14-18-10-7-9-17-11-8-12-23(19(17)18)20(24)25-21(4,5)6/h7,9-10,15-16,22H,8,11-14H2,1-6H3. The second-order valence-electron chi connectivity index (χ2n) is 8.57. The molecule has 0 spiro atoms. The molecule has 1 aliphatic rings. The number of carbonyl (C=O) groups excluding carboxylic acids is 1. The monoisotopic (exact) mass is 346 g/mol. The zero-order chi connectivity index (χ0) is 18.6. The number of nitrogens with zero attached hydrogens (tertiary/aromatic N) is 1. The summed E-state index contributed by atoms with van der Waals surface area (Å²) >= 11 is 0. The number of nitrogens with one attached hydrogen (secondary N) is 1. The predicted octanol–water partition coefficient (Wildman–Crippen LogP) is 4.90. The summed E-state index contributed by atoms with van der Waals surface area (Å²) in [6, 6.07) is 6.81. The van der Waals surface area contributed by atoms with Gasteiger partial charge in [0.25, 0.3) is 0 Å². The van der Waals surface area contributed by atoms with Crippen LogP contribution < -0.4 is 10.2 Å². The minimum absolute atomic E-state index is 0.240. The van der Waals surface area contributed by atoms with Crippen molar-refractivity contribution in [2.24, 2.45) is 5.92 Å². The molecule has 1 N–H and O–H groups in total. The van der Waals surface area contributed by atoms with Crippen molar-refractivity contribution < 1.29 is 9.53 Å². The first-order valence-corrected chi connectivity index (χ1v) is 9.52. The van der Waals surface area contributed by atoms with E-state index in [1.54, 1.807) is 0 Å². The topological polar surface area (TPSA) is 41.6 Å². The summed E-state index contributed by atoms with van der Waals surface area (Å²) in [6.07, 6.45) is 2.90. The Morgan fingerprint density at radius 2 is 2.00 bits per heavy atom. The number of fused-ring (bicyclic) bond motifs is 1. The van der Waals surface area contributed by atoms with Gasteiger partial charge in [0, 0.05) is 19.1 Å². The van der Waals surface area contributed by atoms with Gasteiger partial charge in [0.2, 0.25) is 0 Å². The maximum atomic E-state index is 12.7. The highest BCUT2D eigenvalue weighted by molar-refractivity contribution is 5.90. The average molecular weight is 347 g/mol. The smallest absolute Gasteiger partial charge is 0.414 e. The van der Waals surface area contributed by atoms with Crippen molar-refractivity contribution in [3.63, 3.8) is 0 Å². The van der Waals surface area contributed by atoms with Crippen LogP contribution in [0.2, 0.25) is 0 Å². The summed E-state index contributed by atoms with van der Waals surface area (Å²) in [7, 11) is 0. The molecule has 0 aromatic heterocycles. The lowest BCUT2D eigenvalue weighted by atomic mass is 9.97. The second kappa shape index (κ2) is 8.22.